The van der Waals surface area contributed by atoms with Crippen molar-refractivity contribution in [2.45, 2.75) is 52.4 Å². The molecule has 0 saturated heterocycles. The number of amides is 1. The van der Waals surface area contributed by atoms with Crippen LogP contribution in [0.4, 0.5) is 0 Å². The molecule has 0 aromatic rings. The summed E-state index contributed by atoms with van der Waals surface area (Å²) in [4.78, 5) is 11.2. The van der Waals surface area contributed by atoms with Gasteiger partial charge in [0.1, 0.15) is 0 Å². The average molecular weight is 280 g/mol. The minimum atomic E-state index is 0.0737. The first-order chi connectivity index (χ1) is 9.67. The first-order valence-corrected chi connectivity index (χ1v) is 7.13. The third kappa shape index (κ3) is 9.22. The van der Waals surface area contributed by atoms with Crippen molar-refractivity contribution in [2.24, 2.45) is 11.6 Å². The lowest BCUT2D eigenvalue weighted by molar-refractivity contribution is -0.120. The summed E-state index contributed by atoms with van der Waals surface area (Å²) in [6, 6.07) is 0. The van der Waals surface area contributed by atoms with E-state index in [1.807, 2.05) is 19.9 Å². The molecule has 6 N–H and O–H groups in total. The Labute approximate surface area is 122 Å². The summed E-state index contributed by atoms with van der Waals surface area (Å²) in [6.07, 6.45) is 12.5. The Morgan fingerprint density at radius 3 is 2.60 bits per heavy atom. The van der Waals surface area contributed by atoms with Gasteiger partial charge in [0.05, 0.1) is 0 Å². The molecule has 5 heteroatoms. The molecule has 0 fully saturated rings. The van der Waals surface area contributed by atoms with Crippen LogP contribution in [0.5, 0.6) is 0 Å². The Hall–Kier alpha value is -1.75. The number of allylic oxidation sites excluding steroid dienone is 3. The molecule has 0 spiro atoms. The SMILES string of the molecule is C/C=C(\CCC/C=C/NC(=O)CCC)C/C(=C/N)NN. The summed E-state index contributed by atoms with van der Waals surface area (Å²) in [5.41, 5.74) is 10.2. The Morgan fingerprint density at radius 1 is 1.30 bits per heavy atom. The maximum absolute atomic E-state index is 11.2. The minimum absolute atomic E-state index is 0.0737. The van der Waals surface area contributed by atoms with Gasteiger partial charge in [0.25, 0.3) is 0 Å². The van der Waals surface area contributed by atoms with Crippen LogP contribution in [0.3, 0.4) is 0 Å². The molecule has 20 heavy (non-hydrogen) atoms. The largest absolute Gasteiger partial charge is 0.403 e. The van der Waals surface area contributed by atoms with Crippen LogP contribution < -0.4 is 22.3 Å². The van der Waals surface area contributed by atoms with Gasteiger partial charge in [-0.05, 0) is 38.8 Å². The quantitative estimate of drug-likeness (QED) is 0.213. The first kappa shape index (κ1) is 18.2. The fourth-order valence-electron chi connectivity index (χ4n) is 1.72. The van der Waals surface area contributed by atoms with Crippen molar-refractivity contribution in [3.05, 3.63) is 35.8 Å². The number of carbonyl (C=O) groups excluding carboxylic acids is 1. The summed E-state index contributed by atoms with van der Waals surface area (Å²) in [5.74, 6) is 5.43. The Bertz CT molecular complexity index is 359. The van der Waals surface area contributed by atoms with E-state index in [0.29, 0.717) is 6.42 Å². The second-order valence-electron chi connectivity index (χ2n) is 4.57. The number of carbonyl (C=O) groups is 1. The molecule has 0 heterocycles. The summed E-state index contributed by atoms with van der Waals surface area (Å²) in [5, 5.41) is 2.75. The molecule has 0 saturated carbocycles. The standard InChI is InChI=1S/C15H28N4O/c1-3-8-15(20)18-10-7-5-6-9-13(4-2)11-14(12-16)19-17/h4,7,10,12,19H,3,5-6,8-9,11,16-17H2,1-2H3,(H,18,20)/b10-7+,13-4+,14-12-. The predicted octanol–water partition coefficient (Wildman–Crippen LogP) is 2.19. The van der Waals surface area contributed by atoms with Crippen molar-refractivity contribution in [1.29, 1.82) is 0 Å². The van der Waals surface area contributed by atoms with Crippen molar-refractivity contribution in [3.8, 4) is 0 Å². The fraction of sp³-hybridized carbons (Fsp3) is 0.533. The number of rotatable bonds is 10. The highest BCUT2D eigenvalue weighted by atomic mass is 16.1. The molecule has 5 nitrogen and oxygen atoms in total. The van der Waals surface area contributed by atoms with Gasteiger partial charge in [-0.15, -0.1) is 0 Å². The highest BCUT2D eigenvalue weighted by Gasteiger charge is 2.00. The van der Waals surface area contributed by atoms with E-state index in [-0.39, 0.29) is 5.91 Å². The number of unbranched alkanes of at least 4 members (excludes halogenated alkanes) is 1. The molecule has 0 radical (unpaired) electrons. The fourth-order valence-corrected chi connectivity index (χ4v) is 1.72. The van der Waals surface area contributed by atoms with E-state index in [2.05, 4.69) is 16.8 Å². The lowest BCUT2D eigenvalue weighted by Crippen LogP contribution is -2.22. The smallest absolute Gasteiger partial charge is 0.223 e. The zero-order valence-electron chi connectivity index (χ0n) is 12.6. The molecule has 1 amide bonds. The maximum atomic E-state index is 11.2. The molecular formula is C15H28N4O. The molecule has 0 aromatic carbocycles. The van der Waals surface area contributed by atoms with Crippen LogP contribution in [0.25, 0.3) is 0 Å². The second kappa shape index (κ2) is 12.3. The molecule has 0 aliphatic heterocycles. The third-order valence-electron chi connectivity index (χ3n) is 2.92. The van der Waals surface area contributed by atoms with E-state index in [1.54, 1.807) is 6.20 Å². The van der Waals surface area contributed by atoms with Crippen LogP contribution in [0.15, 0.2) is 35.8 Å². The number of nitrogens with two attached hydrogens (primary N) is 2. The number of hydrogen-bond acceptors (Lipinski definition) is 4. The molecule has 0 unspecified atom stereocenters. The van der Waals surface area contributed by atoms with Crippen molar-refractivity contribution >= 4 is 5.91 Å². The zero-order valence-corrected chi connectivity index (χ0v) is 12.6. The van der Waals surface area contributed by atoms with Gasteiger partial charge in [-0.2, -0.15) is 0 Å². The predicted molar refractivity (Wildman–Crippen MR) is 84.0 cm³/mol. The van der Waals surface area contributed by atoms with Crippen LogP contribution in [0, 0.1) is 0 Å². The van der Waals surface area contributed by atoms with Crippen molar-refractivity contribution in [2.75, 3.05) is 0 Å². The van der Waals surface area contributed by atoms with Gasteiger partial charge in [0.15, 0.2) is 0 Å². The summed E-state index contributed by atoms with van der Waals surface area (Å²) >= 11 is 0. The topological polar surface area (TPSA) is 93.2 Å². The minimum Gasteiger partial charge on any atom is -0.403 e. The van der Waals surface area contributed by atoms with Crippen molar-refractivity contribution < 1.29 is 4.79 Å². The van der Waals surface area contributed by atoms with Crippen LogP contribution >= 0.6 is 0 Å². The maximum Gasteiger partial charge on any atom is 0.223 e. The highest BCUT2D eigenvalue weighted by molar-refractivity contribution is 5.76. The first-order valence-electron chi connectivity index (χ1n) is 7.13. The molecule has 0 aliphatic carbocycles. The van der Waals surface area contributed by atoms with E-state index in [1.165, 1.54) is 11.8 Å². The third-order valence-corrected chi connectivity index (χ3v) is 2.92. The van der Waals surface area contributed by atoms with E-state index < -0.39 is 0 Å². The normalized spacial score (nSPS) is 12.8. The molecule has 0 bridgehead atoms. The average Bonchev–Trinajstić information content (AvgIpc) is 2.46. The summed E-state index contributed by atoms with van der Waals surface area (Å²) in [6.45, 7) is 4.00. The van der Waals surface area contributed by atoms with Gasteiger partial charge in [-0.3, -0.25) is 10.6 Å². The van der Waals surface area contributed by atoms with Crippen LogP contribution in [0.1, 0.15) is 52.4 Å². The second-order valence-corrected chi connectivity index (χ2v) is 4.57. The molecule has 0 atom stereocenters. The van der Waals surface area contributed by atoms with Crippen LogP contribution in [-0.4, -0.2) is 5.91 Å². The lowest BCUT2D eigenvalue weighted by atomic mass is 10.0. The number of nitrogens with one attached hydrogen (secondary N) is 2. The van der Waals surface area contributed by atoms with Gasteiger partial charge in [-0.25, -0.2) is 0 Å². The van der Waals surface area contributed by atoms with Crippen molar-refractivity contribution in [1.82, 2.24) is 10.7 Å². The monoisotopic (exact) mass is 280 g/mol. The van der Waals surface area contributed by atoms with Crippen molar-refractivity contribution in [3.63, 3.8) is 0 Å². The Kier molecular flexibility index (Phi) is 11.2. The van der Waals surface area contributed by atoms with Crippen LogP contribution in [0.2, 0.25) is 0 Å². The van der Waals surface area contributed by atoms with Gasteiger partial charge >= 0.3 is 0 Å². The molecule has 0 aliphatic rings. The Balaban J connectivity index is 3.87. The van der Waals surface area contributed by atoms with Crippen LogP contribution in [-0.2, 0) is 4.79 Å². The van der Waals surface area contributed by atoms with E-state index in [0.717, 1.165) is 37.8 Å². The lowest BCUT2D eigenvalue weighted by Gasteiger charge is -2.09. The van der Waals surface area contributed by atoms with Gasteiger partial charge in [0.2, 0.25) is 5.91 Å². The van der Waals surface area contributed by atoms with E-state index in [9.17, 15) is 4.79 Å². The summed E-state index contributed by atoms with van der Waals surface area (Å²) < 4.78 is 0. The molecular weight excluding hydrogens is 252 g/mol. The number of hydrazine groups is 1. The summed E-state index contributed by atoms with van der Waals surface area (Å²) in [7, 11) is 0. The van der Waals surface area contributed by atoms with Gasteiger partial charge in [-0.1, -0.05) is 24.6 Å². The van der Waals surface area contributed by atoms with E-state index >= 15 is 0 Å². The Morgan fingerprint density at radius 2 is 2.05 bits per heavy atom. The van der Waals surface area contributed by atoms with E-state index in [4.69, 9.17) is 11.6 Å². The van der Waals surface area contributed by atoms with Gasteiger partial charge < -0.3 is 16.5 Å². The molecule has 0 rings (SSSR count). The van der Waals surface area contributed by atoms with Gasteiger partial charge in [0, 0.05) is 24.7 Å². The zero-order chi connectivity index (χ0) is 15.2. The molecule has 0 aromatic heterocycles. The number of hydrogen-bond donors (Lipinski definition) is 4. The molecule has 114 valence electrons. The highest BCUT2D eigenvalue weighted by Crippen LogP contribution is 2.15.